The summed E-state index contributed by atoms with van der Waals surface area (Å²) in [6, 6.07) is 3.65. The molecule has 6 heteroatoms. The fourth-order valence-electron chi connectivity index (χ4n) is 1.24. The van der Waals surface area contributed by atoms with E-state index in [1.165, 1.54) is 0 Å². The van der Waals surface area contributed by atoms with Crippen molar-refractivity contribution >= 4 is 5.82 Å². The number of nitrogens with one attached hydrogen (secondary N) is 1. The van der Waals surface area contributed by atoms with Gasteiger partial charge in [0.2, 0.25) is 0 Å². The molecule has 0 spiro atoms. The van der Waals surface area contributed by atoms with Gasteiger partial charge in [-0.05, 0) is 24.5 Å². The Labute approximate surface area is 110 Å². The van der Waals surface area contributed by atoms with E-state index in [-0.39, 0.29) is 22.8 Å². The van der Waals surface area contributed by atoms with Crippen LogP contribution in [-0.4, -0.2) is 11.0 Å². The molecule has 104 valence electrons. The van der Waals surface area contributed by atoms with Crippen LogP contribution in [0.15, 0.2) is 12.1 Å². The van der Waals surface area contributed by atoms with Gasteiger partial charge in [0, 0.05) is 6.04 Å². The Balaban J connectivity index is 3.15. The Kier molecular flexibility index (Phi) is 4.09. The molecule has 19 heavy (non-hydrogen) atoms. The van der Waals surface area contributed by atoms with Crippen LogP contribution in [0.4, 0.5) is 19.0 Å². The smallest absolute Gasteiger partial charge is 0.366 e. The summed E-state index contributed by atoms with van der Waals surface area (Å²) in [5, 5.41) is 11.8. The zero-order valence-corrected chi connectivity index (χ0v) is 11.3. The molecule has 1 atom stereocenters. The van der Waals surface area contributed by atoms with E-state index >= 15 is 0 Å². The minimum Gasteiger partial charge on any atom is -0.366 e. The highest BCUT2D eigenvalue weighted by atomic mass is 19.4. The number of hydrogen-bond acceptors (Lipinski definition) is 3. The molecular formula is C13H16F3N3. The van der Waals surface area contributed by atoms with Crippen molar-refractivity contribution < 1.29 is 13.2 Å². The fraction of sp³-hybridized carbons (Fsp3) is 0.538. The number of halogens is 3. The van der Waals surface area contributed by atoms with Crippen LogP contribution in [0.5, 0.6) is 0 Å². The normalized spacial score (nSPS) is 13.8. The number of rotatable bonds is 2. The highest BCUT2D eigenvalue weighted by molar-refractivity contribution is 5.53. The van der Waals surface area contributed by atoms with Gasteiger partial charge in [-0.3, -0.25) is 0 Å². The number of nitrogens with zero attached hydrogens (tertiary/aromatic N) is 2. The van der Waals surface area contributed by atoms with Gasteiger partial charge >= 0.3 is 6.18 Å². The fourth-order valence-corrected chi connectivity index (χ4v) is 1.24. The average molecular weight is 271 g/mol. The van der Waals surface area contributed by atoms with Crippen LogP contribution in [0.1, 0.15) is 39.0 Å². The summed E-state index contributed by atoms with van der Waals surface area (Å²) in [7, 11) is 0. The first-order valence-electron chi connectivity index (χ1n) is 5.80. The van der Waals surface area contributed by atoms with Crippen molar-refractivity contribution in [1.82, 2.24) is 4.98 Å². The topological polar surface area (TPSA) is 48.7 Å². The summed E-state index contributed by atoms with van der Waals surface area (Å²) in [4.78, 5) is 3.51. The Bertz CT molecular complexity index is 495. The van der Waals surface area contributed by atoms with Crippen molar-refractivity contribution in [1.29, 1.82) is 5.26 Å². The van der Waals surface area contributed by atoms with Gasteiger partial charge in [-0.25, -0.2) is 4.98 Å². The third kappa shape index (κ3) is 3.85. The maximum Gasteiger partial charge on any atom is 0.433 e. The molecule has 1 rings (SSSR count). The molecule has 0 amide bonds. The van der Waals surface area contributed by atoms with E-state index < -0.39 is 11.9 Å². The summed E-state index contributed by atoms with van der Waals surface area (Å²) in [6.45, 7) is 7.68. The lowest BCUT2D eigenvalue weighted by Gasteiger charge is -2.29. The van der Waals surface area contributed by atoms with Gasteiger partial charge in [0.1, 0.15) is 17.6 Å². The molecule has 0 radical (unpaired) electrons. The van der Waals surface area contributed by atoms with Crippen molar-refractivity contribution in [3.63, 3.8) is 0 Å². The van der Waals surface area contributed by atoms with E-state index in [2.05, 4.69) is 10.3 Å². The molecule has 1 unspecified atom stereocenters. The predicted octanol–water partition coefficient (Wildman–Crippen LogP) is 3.82. The van der Waals surface area contributed by atoms with Crippen LogP contribution in [-0.2, 0) is 6.18 Å². The van der Waals surface area contributed by atoms with Gasteiger partial charge in [0.05, 0.1) is 5.56 Å². The molecule has 0 saturated carbocycles. The standard InChI is InChI=1S/C13H16F3N3/c1-8(12(2,3)4)18-11-9(7-17)5-6-10(19-11)13(14,15)16/h5-6,8H,1-4H3,(H,18,19). The summed E-state index contributed by atoms with van der Waals surface area (Å²) < 4.78 is 37.8. The quantitative estimate of drug-likeness (QED) is 0.889. The van der Waals surface area contributed by atoms with E-state index in [1.54, 1.807) is 0 Å². The van der Waals surface area contributed by atoms with E-state index in [1.807, 2.05) is 33.8 Å². The second-order valence-electron chi connectivity index (χ2n) is 5.43. The van der Waals surface area contributed by atoms with E-state index in [0.29, 0.717) is 0 Å². The highest BCUT2D eigenvalue weighted by Gasteiger charge is 2.33. The van der Waals surface area contributed by atoms with Crippen molar-refractivity contribution in [3.8, 4) is 6.07 Å². The molecule has 1 heterocycles. The number of hydrogen-bond donors (Lipinski definition) is 1. The SMILES string of the molecule is CC(Nc1nc(C(F)(F)F)ccc1C#N)C(C)(C)C. The lowest BCUT2D eigenvalue weighted by atomic mass is 9.88. The highest BCUT2D eigenvalue weighted by Crippen LogP contribution is 2.30. The van der Waals surface area contributed by atoms with E-state index in [0.717, 1.165) is 12.1 Å². The third-order valence-corrected chi connectivity index (χ3v) is 2.96. The Morgan fingerprint density at radius 1 is 1.26 bits per heavy atom. The van der Waals surface area contributed by atoms with Gasteiger partial charge in [0.15, 0.2) is 0 Å². The first-order valence-corrected chi connectivity index (χ1v) is 5.80. The van der Waals surface area contributed by atoms with Crippen LogP contribution in [0.2, 0.25) is 0 Å². The van der Waals surface area contributed by atoms with Gasteiger partial charge in [-0.1, -0.05) is 20.8 Å². The van der Waals surface area contributed by atoms with Gasteiger partial charge < -0.3 is 5.32 Å². The number of nitriles is 1. The van der Waals surface area contributed by atoms with Crippen LogP contribution in [0.3, 0.4) is 0 Å². The summed E-state index contributed by atoms with van der Waals surface area (Å²) in [6.07, 6.45) is -4.52. The molecule has 0 fully saturated rings. The minimum absolute atomic E-state index is 0.0280. The summed E-state index contributed by atoms with van der Waals surface area (Å²) in [5.41, 5.74) is -1.07. The maximum atomic E-state index is 12.6. The molecule has 0 aliphatic heterocycles. The molecule has 1 N–H and O–H groups in total. The summed E-state index contributed by atoms with van der Waals surface area (Å²) >= 11 is 0. The number of anilines is 1. The molecule has 0 aliphatic carbocycles. The maximum absolute atomic E-state index is 12.6. The molecule has 1 aromatic heterocycles. The number of aromatic nitrogens is 1. The molecule has 0 bridgehead atoms. The second kappa shape index (κ2) is 5.08. The molecule has 0 aromatic carbocycles. The van der Waals surface area contributed by atoms with Crippen LogP contribution < -0.4 is 5.32 Å². The largest absolute Gasteiger partial charge is 0.433 e. The average Bonchev–Trinajstić information content (AvgIpc) is 2.26. The van der Waals surface area contributed by atoms with Crippen molar-refractivity contribution in [3.05, 3.63) is 23.4 Å². The van der Waals surface area contributed by atoms with Gasteiger partial charge in [-0.15, -0.1) is 0 Å². The molecule has 0 saturated heterocycles. The first-order chi connectivity index (χ1) is 8.55. The Morgan fingerprint density at radius 2 is 1.84 bits per heavy atom. The van der Waals surface area contributed by atoms with Gasteiger partial charge in [-0.2, -0.15) is 18.4 Å². The summed E-state index contributed by atoms with van der Waals surface area (Å²) in [5.74, 6) is -0.0280. The molecular weight excluding hydrogens is 255 g/mol. The number of alkyl halides is 3. The Morgan fingerprint density at radius 3 is 2.26 bits per heavy atom. The monoisotopic (exact) mass is 271 g/mol. The zero-order valence-electron chi connectivity index (χ0n) is 11.3. The molecule has 1 aromatic rings. The van der Waals surface area contributed by atoms with Crippen LogP contribution >= 0.6 is 0 Å². The Hall–Kier alpha value is -1.77. The van der Waals surface area contributed by atoms with E-state index in [4.69, 9.17) is 5.26 Å². The van der Waals surface area contributed by atoms with Crippen molar-refractivity contribution in [2.45, 2.75) is 39.9 Å². The lowest BCUT2D eigenvalue weighted by molar-refractivity contribution is -0.141. The zero-order chi connectivity index (χ0) is 14.8. The first kappa shape index (κ1) is 15.3. The predicted molar refractivity (Wildman–Crippen MR) is 66.5 cm³/mol. The lowest BCUT2D eigenvalue weighted by Crippen LogP contribution is -2.31. The number of pyridine rings is 1. The molecule has 3 nitrogen and oxygen atoms in total. The van der Waals surface area contributed by atoms with Crippen molar-refractivity contribution in [2.24, 2.45) is 5.41 Å². The van der Waals surface area contributed by atoms with Crippen LogP contribution in [0.25, 0.3) is 0 Å². The molecule has 0 aliphatic rings. The van der Waals surface area contributed by atoms with Crippen molar-refractivity contribution in [2.75, 3.05) is 5.32 Å². The minimum atomic E-state index is -4.52. The third-order valence-electron chi connectivity index (χ3n) is 2.96. The van der Waals surface area contributed by atoms with Crippen LogP contribution in [0, 0.1) is 16.7 Å². The van der Waals surface area contributed by atoms with E-state index in [9.17, 15) is 13.2 Å². The second-order valence-corrected chi connectivity index (χ2v) is 5.43. The van der Waals surface area contributed by atoms with Gasteiger partial charge in [0.25, 0.3) is 0 Å².